The molecule has 0 aliphatic heterocycles. The lowest BCUT2D eigenvalue weighted by molar-refractivity contribution is -0.150. The molecule has 0 amide bonds. The lowest BCUT2D eigenvalue weighted by atomic mass is 9.76. The van der Waals surface area contributed by atoms with E-state index in [4.69, 9.17) is 0 Å². The van der Waals surface area contributed by atoms with Crippen LogP contribution < -0.4 is 0 Å². The molecule has 1 aromatic rings. The van der Waals surface area contributed by atoms with Crippen LogP contribution in [0.2, 0.25) is 0 Å². The molecular formula is C13H23N3O2. The normalized spacial score (nSPS) is 14.8. The maximum Gasteiger partial charge on any atom is 0.310 e. The number of carbonyl (C=O) groups is 1. The molecule has 1 atom stereocenters. The Bertz CT molecular complexity index is 426. The summed E-state index contributed by atoms with van der Waals surface area (Å²) in [5.74, 6) is 0.888. The van der Waals surface area contributed by atoms with Crippen molar-refractivity contribution >= 4 is 5.97 Å². The Kier molecular flexibility index (Phi) is 4.48. The second-order valence-electron chi connectivity index (χ2n) is 5.37. The van der Waals surface area contributed by atoms with Crippen LogP contribution in [0.1, 0.15) is 45.8 Å². The van der Waals surface area contributed by atoms with E-state index in [-0.39, 0.29) is 5.92 Å². The number of rotatable bonds is 6. The third-order valence-electron chi connectivity index (χ3n) is 3.75. The highest BCUT2D eigenvalue weighted by Gasteiger charge is 2.38. The number of nitrogens with zero attached hydrogens (tertiary/aromatic N) is 3. The van der Waals surface area contributed by atoms with Gasteiger partial charge < -0.3 is 9.67 Å². The third kappa shape index (κ3) is 2.71. The zero-order valence-corrected chi connectivity index (χ0v) is 11.9. The summed E-state index contributed by atoms with van der Waals surface area (Å²) in [6, 6.07) is 0. The lowest BCUT2D eigenvalue weighted by Crippen LogP contribution is -2.36. The molecule has 1 aromatic heterocycles. The predicted molar refractivity (Wildman–Crippen MR) is 69.3 cm³/mol. The van der Waals surface area contributed by atoms with E-state index in [9.17, 15) is 9.90 Å². The summed E-state index contributed by atoms with van der Waals surface area (Å²) in [7, 11) is 0. The van der Waals surface area contributed by atoms with Gasteiger partial charge in [0, 0.05) is 13.0 Å². The van der Waals surface area contributed by atoms with Gasteiger partial charge in [0.1, 0.15) is 11.6 Å². The minimum atomic E-state index is -0.801. The predicted octanol–water partition coefficient (Wildman–Crippen LogP) is 2.29. The van der Waals surface area contributed by atoms with E-state index in [0.29, 0.717) is 6.42 Å². The van der Waals surface area contributed by atoms with Gasteiger partial charge in [0.2, 0.25) is 0 Å². The summed E-state index contributed by atoms with van der Waals surface area (Å²) in [6.45, 7) is 10.5. The molecule has 1 N–H and O–H groups in total. The first kappa shape index (κ1) is 14.7. The Morgan fingerprint density at radius 1 is 1.44 bits per heavy atom. The monoisotopic (exact) mass is 253 g/mol. The van der Waals surface area contributed by atoms with Crippen LogP contribution in [0, 0.1) is 18.3 Å². The van der Waals surface area contributed by atoms with Gasteiger partial charge in [-0.15, -0.1) is 10.2 Å². The van der Waals surface area contributed by atoms with E-state index in [2.05, 4.69) is 17.1 Å². The Hall–Kier alpha value is -1.39. The minimum Gasteiger partial charge on any atom is -0.481 e. The van der Waals surface area contributed by atoms with Crippen molar-refractivity contribution in [1.82, 2.24) is 14.8 Å². The summed E-state index contributed by atoms with van der Waals surface area (Å²) in [4.78, 5) is 11.5. The van der Waals surface area contributed by atoms with Crippen LogP contribution in [0.4, 0.5) is 0 Å². The van der Waals surface area contributed by atoms with Crippen molar-refractivity contribution in [3.8, 4) is 0 Å². The first-order valence-corrected chi connectivity index (χ1v) is 6.45. The molecule has 0 fully saturated rings. The summed E-state index contributed by atoms with van der Waals surface area (Å²) in [6.07, 6.45) is 1.40. The van der Waals surface area contributed by atoms with Gasteiger partial charge in [0.05, 0.1) is 5.41 Å². The van der Waals surface area contributed by atoms with E-state index in [1.165, 1.54) is 0 Å². The fourth-order valence-corrected chi connectivity index (χ4v) is 1.93. The van der Waals surface area contributed by atoms with Crippen LogP contribution in [-0.4, -0.2) is 25.8 Å². The highest BCUT2D eigenvalue weighted by atomic mass is 16.4. The maximum absolute atomic E-state index is 11.5. The SMILES string of the molecule is CCCn1c(C)nnc1CC(C)(C(=O)O)C(C)C. The highest BCUT2D eigenvalue weighted by Crippen LogP contribution is 2.31. The second-order valence-corrected chi connectivity index (χ2v) is 5.37. The average Bonchev–Trinajstić information content (AvgIpc) is 2.61. The number of carboxylic acids is 1. The first-order chi connectivity index (χ1) is 8.32. The van der Waals surface area contributed by atoms with E-state index >= 15 is 0 Å². The molecule has 0 aliphatic rings. The smallest absolute Gasteiger partial charge is 0.310 e. The lowest BCUT2D eigenvalue weighted by Gasteiger charge is -2.28. The fourth-order valence-electron chi connectivity index (χ4n) is 1.93. The third-order valence-corrected chi connectivity index (χ3v) is 3.75. The Morgan fingerprint density at radius 2 is 2.06 bits per heavy atom. The number of aliphatic carboxylic acids is 1. The van der Waals surface area contributed by atoms with Crippen LogP contribution in [0.15, 0.2) is 0 Å². The standard InChI is InChI=1S/C13H23N3O2/c1-6-7-16-10(4)14-15-11(16)8-13(5,9(2)3)12(17)18/h9H,6-8H2,1-5H3,(H,17,18). The van der Waals surface area contributed by atoms with Gasteiger partial charge in [-0.3, -0.25) is 4.79 Å². The molecule has 0 radical (unpaired) electrons. The van der Waals surface area contributed by atoms with Crippen LogP contribution in [-0.2, 0) is 17.8 Å². The molecule has 0 bridgehead atoms. The topological polar surface area (TPSA) is 68.0 Å². The number of hydrogen-bond acceptors (Lipinski definition) is 3. The molecule has 18 heavy (non-hydrogen) atoms. The van der Waals surface area contributed by atoms with Crippen LogP contribution in [0.5, 0.6) is 0 Å². The molecule has 0 saturated heterocycles. The van der Waals surface area contributed by atoms with Gasteiger partial charge >= 0.3 is 5.97 Å². The first-order valence-electron chi connectivity index (χ1n) is 6.45. The molecule has 0 saturated carbocycles. The van der Waals surface area contributed by atoms with Crippen molar-refractivity contribution in [3.63, 3.8) is 0 Å². The minimum absolute atomic E-state index is 0.0436. The fraction of sp³-hybridized carbons (Fsp3) is 0.769. The van der Waals surface area contributed by atoms with E-state index in [0.717, 1.165) is 24.6 Å². The summed E-state index contributed by atoms with van der Waals surface area (Å²) < 4.78 is 2.02. The van der Waals surface area contributed by atoms with E-state index in [1.807, 2.05) is 25.3 Å². The Balaban J connectivity index is 3.05. The van der Waals surface area contributed by atoms with Crippen molar-refractivity contribution in [2.24, 2.45) is 11.3 Å². The Labute approximate surface area is 108 Å². The summed E-state index contributed by atoms with van der Waals surface area (Å²) >= 11 is 0. The van der Waals surface area contributed by atoms with Crippen molar-refractivity contribution in [3.05, 3.63) is 11.6 Å². The molecule has 102 valence electrons. The molecule has 1 rings (SSSR count). The van der Waals surface area contributed by atoms with Gasteiger partial charge in [-0.25, -0.2) is 0 Å². The molecule has 1 heterocycles. The number of aryl methyl sites for hydroxylation is 1. The molecule has 1 unspecified atom stereocenters. The number of aromatic nitrogens is 3. The van der Waals surface area contributed by atoms with Gasteiger partial charge in [-0.1, -0.05) is 20.8 Å². The average molecular weight is 253 g/mol. The van der Waals surface area contributed by atoms with Gasteiger partial charge in [-0.2, -0.15) is 0 Å². The van der Waals surface area contributed by atoms with Gasteiger partial charge in [0.25, 0.3) is 0 Å². The zero-order chi connectivity index (χ0) is 13.9. The van der Waals surface area contributed by atoms with Crippen molar-refractivity contribution in [2.75, 3.05) is 0 Å². The van der Waals surface area contributed by atoms with Gasteiger partial charge in [-0.05, 0) is 26.2 Å². The van der Waals surface area contributed by atoms with Crippen LogP contribution in [0.25, 0.3) is 0 Å². The highest BCUT2D eigenvalue weighted by molar-refractivity contribution is 5.74. The van der Waals surface area contributed by atoms with Crippen LogP contribution >= 0.6 is 0 Å². The van der Waals surface area contributed by atoms with E-state index in [1.54, 1.807) is 6.92 Å². The summed E-state index contributed by atoms with van der Waals surface area (Å²) in [5, 5.41) is 17.6. The number of carboxylic acid groups (broad SMARTS) is 1. The van der Waals surface area contributed by atoms with Crippen molar-refractivity contribution in [2.45, 2.75) is 54.0 Å². The molecule has 5 nitrogen and oxygen atoms in total. The van der Waals surface area contributed by atoms with Crippen LogP contribution in [0.3, 0.4) is 0 Å². The number of hydrogen-bond donors (Lipinski definition) is 1. The zero-order valence-electron chi connectivity index (χ0n) is 11.9. The molecule has 5 heteroatoms. The molecule has 0 spiro atoms. The Morgan fingerprint density at radius 3 is 2.50 bits per heavy atom. The van der Waals surface area contributed by atoms with Crippen molar-refractivity contribution in [1.29, 1.82) is 0 Å². The van der Waals surface area contributed by atoms with Gasteiger partial charge in [0.15, 0.2) is 0 Å². The summed E-state index contributed by atoms with van der Waals surface area (Å²) in [5.41, 5.74) is -0.801. The molecular weight excluding hydrogens is 230 g/mol. The second kappa shape index (κ2) is 5.50. The molecule has 0 aliphatic carbocycles. The van der Waals surface area contributed by atoms with E-state index < -0.39 is 11.4 Å². The molecule has 0 aromatic carbocycles. The maximum atomic E-state index is 11.5. The van der Waals surface area contributed by atoms with Crippen molar-refractivity contribution < 1.29 is 9.90 Å². The quantitative estimate of drug-likeness (QED) is 0.844. The largest absolute Gasteiger partial charge is 0.481 e.